The smallest absolute Gasteiger partial charge is 0.162 e. The molecule has 0 bridgehead atoms. The number of hydrogen-bond acceptors (Lipinski definition) is 7. The number of aliphatic hydroxyl groups is 1. The fraction of sp³-hybridized carbons (Fsp3) is 0.480. The largest absolute Gasteiger partial charge is 0.491 e. The molecule has 34 heavy (non-hydrogen) atoms. The summed E-state index contributed by atoms with van der Waals surface area (Å²) < 4.78 is 5.81. The van der Waals surface area contributed by atoms with Crippen molar-refractivity contribution in [3.05, 3.63) is 41.2 Å². The summed E-state index contributed by atoms with van der Waals surface area (Å²) in [5.41, 5.74) is 3.52. The van der Waals surface area contributed by atoms with Gasteiger partial charge in [-0.2, -0.15) is 5.10 Å². The third-order valence-electron chi connectivity index (χ3n) is 6.36. The first kappa shape index (κ1) is 24.4. The number of halogens is 1. The maximum absolute atomic E-state index is 10.0. The number of rotatable bonds is 9. The number of aromatic nitrogens is 4. The van der Waals surface area contributed by atoms with Gasteiger partial charge in [0.05, 0.1) is 11.9 Å². The number of anilines is 1. The normalized spacial score (nSPS) is 15.3. The highest BCUT2D eigenvalue weighted by molar-refractivity contribution is 6.31. The Kier molecular flexibility index (Phi) is 8.03. The molecule has 1 aliphatic carbocycles. The zero-order valence-electron chi connectivity index (χ0n) is 20.0. The molecule has 2 aromatic heterocycles. The molecule has 1 aromatic carbocycles. The molecule has 2 heterocycles. The van der Waals surface area contributed by atoms with Crippen LogP contribution in [0.4, 0.5) is 5.82 Å². The summed E-state index contributed by atoms with van der Waals surface area (Å²) >= 11 is 6.44. The van der Waals surface area contributed by atoms with Crippen LogP contribution in [0.25, 0.3) is 22.6 Å². The average Bonchev–Trinajstić information content (AvgIpc) is 3.38. The molecular weight excluding hydrogens is 452 g/mol. The Labute approximate surface area is 205 Å². The van der Waals surface area contributed by atoms with E-state index in [-0.39, 0.29) is 6.61 Å². The third-order valence-corrected chi connectivity index (χ3v) is 6.58. The highest BCUT2D eigenvalue weighted by atomic mass is 35.5. The van der Waals surface area contributed by atoms with Gasteiger partial charge in [-0.25, -0.2) is 9.97 Å². The molecule has 0 radical (unpaired) electrons. The van der Waals surface area contributed by atoms with Crippen molar-refractivity contribution in [3.63, 3.8) is 0 Å². The van der Waals surface area contributed by atoms with Crippen molar-refractivity contribution in [1.82, 2.24) is 25.5 Å². The van der Waals surface area contributed by atoms with Crippen LogP contribution >= 0.6 is 11.6 Å². The lowest BCUT2D eigenvalue weighted by Gasteiger charge is -2.33. The van der Waals surface area contributed by atoms with Crippen LogP contribution in [0.15, 0.2) is 30.6 Å². The van der Waals surface area contributed by atoms with Crippen LogP contribution in [0.2, 0.25) is 5.02 Å². The van der Waals surface area contributed by atoms with Gasteiger partial charge in [-0.15, -0.1) is 0 Å². The van der Waals surface area contributed by atoms with E-state index in [9.17, 15) is 5.11 Å². The number of likely N-dealkylation sites (N-methyl/N-ethyl adjacent to an activating group) is 1. The van der Waals surface area contributed by atoms with Crippen molar-refractivity contribution < 1.29 is 9.84 Å². The van der Waals surface area contributed by atoms with Gasteiger partial charge < -0.3 is 20.1 Å². The van der Waals surface area contributed by atoms with Gasteiger partial charge in [0.25, 0.3) is 0 Å². The summed E-state index contributed by atoms with van der Waals surface area (Å²) in [6.45, 7) is 2.67. The number of nitrogens with zero attached hydrogens (tertiary/aromatic N) is 4. The standard InChI is InChI=1S/C25H33ClN6O2/c1-16-23(18-12-28-29-13-18)30-24(31-25(16)32(3)20-7-5-4-6-8-20)17-9-19(26)11-22(10-17)34-15-21(33)14-27-2/h9-13,20-21,27,33H,4-8,14-15H2,1-3H3,(H,28,29). The molecule has 9 heteroatoms. The SMILES string of the molecule is CNCC(O)COc1cc(Cl)cc(-c2nc(-c3cn[nH]c3)c(C)c(N(C)C3CCCCC3)n2)c1. The predicted molar refractivity (Wildman–Crippen MR) is 136 cm³/mol. The number of aliphatic hydroxyl groups excluding tert-OH is 1. The van der Waals surface area contributed by atoms with Crippen LogP contribution in [-0.4, -0.2) is 64.7 Å². The number of H-pyrrole nitrogens is 1. The molecule has 1 saturated carbocycles. The van der Waals surface area contributed by atoms with Crippen LogP contribution in [0, 0.1) is 6.92 Å². The Morgan fingerprint density at radius 3 is 2.71 bits per heavy atom. The van der Waals surface area contributed by atoms with E-state index in [2.05, 4.69) is 34.4 Å². The first-order chi connectivity index (χ1) is 16.5. The Bertz CT molecular complexity index is 1090. The number of benzene rings is 1. The van der Waals surface area contributed by atoms with Crippen molar-refractivity contribution in [2.75, 3.05) is 32.1 Å². The topological polar surface area (TPSA) is 99.2 Å². The summed E-state index contributed by atoms with van der Waals surface area (Å²) in [4.78, 5) is 12.2. The van der Waals surface area contributed by atoms with Gasteiger partial charge in [-0.05, 0) is 45.0 Å². The maximum atomic E-state index is 10.0. The van der Waals surface area contributed by atoms with E-state index in [4.69, 9.17) is 26.3 Å². The van der Waals surface area contributed by atoms with Crippen LogP contribution in [0.5, 0.6) is 5.75 Å². The van der Waals surface area contributed by atoms with Gasteiger partial charge in [-0.3, -0.25) is 5.10 Å². The van der Waals surface area contributed by atoms with Crippen molar-refractivity contribution in [2.24, 2.45) is 0 Å². The summed E-state index contributed by atoms with van der Waals surface area (Å²) in [7, 11) is 3.92. The first-order valence-electron chi connectivity index (χ1n) is 11.8. The quantitative estimate of drug-likeness (QED) is 0.418. The van der Waals surface area contributed by atoms with Gasteiger partial charge in [0, 0.05) is 47.5 Å². The lowest BCUT2D eigenvalue weighted by atomic mass is 9.94. The zero-order chi connectivity index (χ0) is 24.1. The Hall–Kier alpha value is -2.68. The van der Waals surface area contributed by atoms with Crippen LogP contribution in [0.3, 0.4) is 0 Å². The minimum atomic E-state index is -0.619. The van der Waals surface area contributed by atoms with Crippen LogP contribution in [-0.2, 0) is 0 Å². The lowest BCUT2D eigenvalue weighted by molar-refractivity contribution is 0.108. The minimum absolute atomic E-state index is 0.158. The molecular formula is C25H33ClN6O2. The van der Waals surface area contributed by atoms with E-state index in [1.54, 1.807) is 19.3 Å². The summed E-state index contributed by atoms with van der Waals surface area (Å²) in [5, 5.41) is 20.5. The summed E-state index contributed by atoms with van der Waals surface area (Å²) in [6.07, 6.45) is 9.13. The first-order valence-corrected chi connectivity index (χ1v) is 12.2. The van der Waals surface area contributed by atoms with Crippen molar-refractivity contribution in [3.8, 4) is 28.4 Å². The number of aromatic amines is 1. The minimum Gasteiger partial charge on any atom is -0.491 e. The van der Waals surface area contributed by atoms with E-state index in [0.29, 0.717) is 29.2 Å². The molecule has 1 atom stereocenters. The molecule has 1 fully saturated rings. The third kappa shape index (κ3) is 5.68. The molecule has 0 amide bonds. The van der Waals surface area contributed by atoms with Gasteiger partial charge in [0.15, 0.2) is 5.82 Å². The van der Waals surface area contributed by atoms with E-state index >= 15 is 0 Å². The molecule has 0 saturated heterocycles. The van der Waals surface area contributed by atoms with Crippen molar-refractivity contribution >= 4 is 17.4 Å². The number of nitrogens with one attached hydrogen (secondary N) is 2. The fourth-order valence-electron chi connectivity index (χ4n) is 4.54. The van der Waals surface area contributed by atoms with Gasteiger partial charge in [-0.1, -0.05) is 30.9 Å². The Morgan fingerprint density at radius 1 is 1.21 bits per heavy atom. The summed E-state index contributed by atoms with van der Waals surface area (Å²) in [6, 6.07) is 5.90. The molecule has 4 rings (SSSR count). The molecule has 3 aromatic rings. The molecule has 1 unspecified atom stereocenters. The zero-order valence-corrected chi connectivity index (χ0v) is 20.8. The van der Waals surface area contributed by atoms with Gasteiger partial charge in [0.2, 0.25) is 0 Å². The van der Waals surface area contributed by atoms with E-state index in [1.807, 2.05) is 18.3 Å². The highest BCUT2D eigenvalue weighted by Crippen LogP contribution is 2.35. The van der Waals surface area contributed by atoms with Crippen LogP contribution < -0.4 is 15.0 Å². The van der Waals surface area contributed by atoms with Gasteiger partial charge >= 0.3 is 0 Å². The highest BCUT2D eigenvalue weighted by Gasteiger charge is 2.24. The number of hydrogen-bond donors (Lipinski definition) is 3. The number of ether oxygens (including phenoxy) is 1. The monoisotopic (exact) mass is 484 g/mol. The molecule has 3 N–H and O–H groups in total. The van der Waals surface area contributed by atoms with Crippen molar-refractivity contribution in [2.45, 2.75) is 51.2 Å². The second-order valence-corrected chi connectivity index (χ2v) is 9.37. The molecule has 0 spiro atoms. The molecule has 0 aliphatic heterocycles. The average molecular weight is 485 g/mol. The maximum Gasteiger partial charge on any atom is 0.162 e. The Balaban J connectivity index is 1.73. The molecule has 8 nitrogen and oxygen atoms in total. The van der Waals surface area contributed by atoms with Crippen LogP contribution in [0.1, 0.15) is 37.7 Å². The lowest BCUT2D eigenvalue weighted by Crippen LogP contribution is -2.34. The molecule has 182 valence electrons. The molecule has 1 aliphatic rings. The predicted octanol–water partition coefficient (Wildman–Crippen LogP) is 4.22. The Morgan fingerprint density at radius 2 is 2.00 bits per heavy atom. The second kappa shape index (κ2) is 11.2. The summed E-state index contributed by atoms with van der Waals surface area (Å²) in [5.74, 6) is 2.05. The van der Waals surface area contributed by atoms with E-state index < -0.39 is 6.10 Å². The van der Waals surface area contributed by atoms with E-state index in [0.717, 1.165) is 28.2 Å². The van der Waals surface area contributed by atoms with Gasteiger partial charge in [0.1, 0.15) is 24.3 Å². The van der Waals surface area contributed by atoms with E-state index in [1.165, 1.54) is 32.1 Å². The van der Waals surface area contributed by atoms with Crippen molar-refractivity contribution in [1.29, 1.82) is 0 Å². The fourth-order valence-corrected chi connectivity index (χ4v) is 4.77. The second-order valence-electron chi connectivity index (χ2n) is 8.93.